The van der Waals surface area contributed by atoms with Crippen molar-refractivity contribution in [3.8, 4) is 11.6 Å². The van der Waals surface area contributed by atoms with E-state index in [0.29, 0.717) is 34.4 Å². The molecule has 2 saturated carbocycles. The molecule has 0 radical (unpaired) electrons. The molecule has 2 N–H and O–H groups in total. The molecule has 0 unspecified atom stereocenters. The summed E-state index contributed by atoms with van der Waals surface area (Å²) in [4.78, 5) is 30.6. The first-order valence-electron chi connectivity index (χ1n) is 13.7. The molecule has 1 atom stereocenters. The minimum absolute atomic E-state index is 0.0919. The van der Waals surface area contributed by atoms with E-state index < -0.39 is 17.5 Å². The Morgan fingerprint density at radius 2 is 1.82 bits per heavy atom. The van der Waals surface area contributed by atoms with E-state index in [-0.39, 0.29) is 30.3 Å². The summed E-state index contributed by atoms with van der Waals surface area (Å²) in [5.41, 5.74) is 1.03. The summed E-state index contributed by atoms with van der Waals surface area (Å²) in [6.45, 7) is 2.38. The summed E-state index contributed by atoms with van der Waals surface area (Å²) in [5.74, 6) is 1.21. The maximum Gasteiger partial charge on any atom is 0.439 e. The Morgan fingerprint density at radius 1 is 1.10 bits per heavy atom. The summed E-state index contributed by atoms with van der Waals surface area (Å²) in [6.07, 6.45) is 3.33. The third-order valence-electron chi connectivity index (χ3n) is 8.27. The monoisotopic (exact) mass is 556 g/mol. The van der Waals surface area contributed by atoms with Crippen LogP contribution in [0.25, 0.3) is 22.8 Å². The minimum Gasteiger partial charge on any atom is -0.365 e. The second-order valence-electron chi connectivity index (χ2n) is 10.9. The molecular weight excluding hydrogens is 525 g/mol. The number of nitrogens with zero attached hydrogens (tertiary/aromatic N) is 6. The summed E-state index contributed by atoms with van der Waals surface area (Å²) in [6, 6.07) is 5.58. The fourth-order valence-electron chi connectivity index (χ4n) is 5.69. The fourth-order valence-corrected chi connectivity index (χ4v) is 5.69. The highest BCUT2D eigenvalue weighted by molar-refractivity contribution is 5.87. The van der Waals surface area contributed by atoms with Crippen LogP contribution >= 0.6 is 0 Å². The number of anilines is 2. The van der Waals surface area contributed by atoms with Gasteiger partial charge in [-0.3, -0.25) is 9.51 Å². The van der Waals surface area contributed by atoms with Crippen LogP contribution in [0.4, 0.5) is 24.9 Å². The van der Waals surface area contributed by atoms with Crippen molar-refractivity contribution in [1.29, 1.82) is 0 Å². The molecule has 212 valence electrons. The molecule has 3 aromatic heterocycles. The molecule has 6 rings (SSSR count). The quantitative estimate of drug-likeness (QED) is 0.304. The van der Waals surface area contributed by atoms with Gasteiger partial charge in [-0.25, -0.2) is 14.8 Å². The lowest BCUT2D eigenvalue weighted by Gasteiger charge is -2.32. The van der Waals surface area contributed by atoms with Crippen molar-refractivity contribution in [3.05, 3.63) is 45.9 Å². The van der Waals surface area contributed by atoms with E-state index in [0.717, 1.165) is 50.7 Å². The van der Waals surface area contributed by atoms with Crippen LogP contribution in [-0.4, -0.2) is 48.8 Å². The van der Waals surface area contributed by atoms with Crippen LogP contribution in [0.1, 0.15) is 63.0 Å². The number of H-pyrrole nitrogens is 1. The predicted octanol–water partition coefficient (Wildman–Crippen LogP) is 5.22. The van der Waals surface area contributed by atoms with Gasteiger partial charge in [-0.15, -0.1) is 0 Å². The van der Waals surface area contributed by atoms with Crippen molar-refractivity contribution in [2.75, 3.05) is 17.3 Å². The van der Waals surface area contributed by atoms with Gasteiger partial charge in [0.15, 0.2) is 11.5 Å². The summed E-state index contributed by atoms with van der Waals surface area (Å²) in [7, 11) is 1.99. The molecule has 2 aliphatic carbocycles. The van der Waals surface area contributed by atoms with Crippen molar-refractivity contribution in [3.63, 3.8) is 0 Å². The topological polar surface area (TPSA) is 118 Å². The van der Waals surface area contributed by atoms with Gasteiger partial charge < -0.3 is 14.8 Å². The fraction of sp³-hybridized carbons (Fsp3) is 0.519. The van der Waals surface area contributed by atoms with E-state index in [1.807, 2.05) is 11.6 Å². The van der Waals surface area contributed by atoms with Crippen LogP contribution in [0.2, 0.25) is 0 Å². The third kappa shape index (κ3) is 5.04. The number of aromatic amines is 1. The molecule has 0 saturated heterocycles. The average Bonchev–Trinajstić information content (AvgIpc) is 3.63. The van der Waals surface area contributed by atoms with Crippen molar-refractivity contribution >= 4 is 22.9 Å². The normalized spacial score (nSPS) is 17.3. The Kier molecular flexibility index (Phi) is 6.75. The Morgan fingerprint density at radius 3 is 2.42 bits per heavy atom. The number of imidazole rings is 1. The van der Waals surface area contributed by atoms with Crippen molar-refractivity contribution in [2.45, 2.75) is 76.7 Å². The lowest BCUT2D eigenvalue weighted by Crippen LogP contribution is -2.32. The van der Waals surface area contributed by atoms with E-state index in [1.165, 1.54) is 18.6 Å². The number of hydrogen-bond acceptors (Lipinski definition) is 8. The number of aromatic nitrogens is 6. The number of fused-ring (bicyclic) bond motifs is 1. The first kappa shape index (κ1) is 26.3. The summed E-state index contributed by atoms with van der Waals surface area (Å²) < 4.78 is 46.3. The molecule has 0 aliphatic heterocycles. The zero-order valence-corrected chi connectivity index (χ0v) is 22.3. The predicted molar refractivity (Wildman–Crippen MR) is 143 cm³/mol. The van der Waals surface area contributed by atoms with E-state index >= 15 is 0 Å². The van der Waals surface area contributed by atoms with Gasteiger partial charge in [0.05, 0.1) is 12.1 Å². The standard InChI is InChI=1S/C27H31F3N8O2/c1-15(17-6-5-7-17)31-21-20-22(33-23(32-21)24-35-26(39)40-36-24)34-25(37(2)19-8-3-4-9-19)38(20)14-16-10-12-18(13-11-16)27(28,29)30/h10-13,15,17,19H,3-9,14H2,1-2H3,(H,31,32,33)(H,35,36,39)/t15-/m1/s1. The van der Waals surface area contributed by atoms with Crippen molar-refractivity contribution in [1.82, 2.24) is 29.7 Å². The average molecular weight is 557 g/mol. The van der Waals surface area contributed by atoms with E-state index in [1.54, 1.807) is 0 Å². The molecule has 2 aliphatic rings. The van der Waals surface area contributed by atoms with Gasteiger partial charge in [0.2, 0.25) is 17.6 Å². The molecule has 0 bridgehead atoms. The minimum atomic E-state index is -4.41. The molecule has 10 nitrogen and oxygen atoms in total. The van der Waals surface area contributed by atoms with Crippen LogP contribution in [0, 0.1) is 5.92 Å². The van der Waals surface area contributed by atoms with Gasteiger partial charge >= 0.3 is 11.9 Å². The molecule has 13 heteroatoms. The maximum absolute atomic E-state index is 13.2. The first-order valence-corrected chi connectivity index (χ1v) is 13.7. The highest BCUT2D eigenvalue weighted by atomic mass is 19.4. The van der Waals surface area contributed by atoms with Gasteiger partial charge in [0.1, 0.15) is 5.52 Å². The van der Waals surface area contributed by atoms with Crippen LogP contribution in [0.3, 0.4) is 0 Å². The first-order chi connectivity index (χ1) is 19.2. The second kappa shape index (κ2) is 10.3. The Balaban J connectivity index is 1.49. The van der Waals surface area contributed by atoms with Crippen LogP contribution < -0.4 is 16.0 Å². The number of halogens is 3. The number of rotatable bonds is 8. The summed E-state index contributed by atoms with van der Waals surface area (Å²) in [5, 5.41) is 7.32. The van der Waals surface area contributed by atoms with E-state index in [2.05, 4.69) is 36.8 Å². The Bertz CT molecular complexity index is 1550. The maximum atomic E-state index is 13.2. The molecule has 3 heterocycles. The highest BCUT2D eigenvalue weighted by Gasteiger charge is 2.31. The van der Waals surface area contributed by atoms with Gasteiger partial charge in [0.25, 0.3) is 0 Å². The van der Waals surface area contributed by atoms with Crippen molar-refractivity contribution in [2.24, 2.45) is 5.92 Å². The van der Waals surface area contributed by atoms with Crippen LogP contribution in [0.15, 0.2) is 33.6 Å². The van der Waals surface area contributed by atoms with E-state index in [4.69, 9.17) is 9.97 Å². The lowest BCUT2D eigenvalue weighted by molar-refractivity contribution is -0.137. The number of benzene rings is 1. The third-order valence-corrected chi connectivity index (χ3v) is 8.27. The molecule has 4 aromatic rings. The largest absolute Gasteiger partial charge is 0.439 e. The van der Waals surface area contributed by atoms with Crippen LogP contribution in [-0.2, 0) is 12.7 Å². The second-order valence-corrected chi connectivity index (χ2v) is 10.9. The van der Waals surface area contributed by atoms with Gasteiger partial charge in [0, 0.05) is 19.1 Å². The smallest absolute Gasteiger partial charge is 0.365 e. The molecule has 2 fully saturated rings. The Hall–Kier alpha value is -3.90. The van der Waals surface area contributed by atoms with Gasteiger partial charge in [-0.05, 0) is 56.2 Å². The number of nitrogens with one attached hydrogen (secondary N) is 2. The lowest BCUT2D eigenvalue weighted by atomic mass is 9.80. The molecule has 0 amide bonds. The molecule has 0 spiro atoms. The molecular formula is C27H31F3N8O2. The molecule has 1 aromatic carbocycles. The zero-order chi connectivity index (χ0) is 28.0. The van der Waals surface area contributed by atoms with Gasteiger partial charge in [-0.1, -0.05) is 36.6 Å². The Labute approximate surface area is 228 Å². The van der Waals surface area contributed by atoms with Gasteiger partial charge in [-0.2, -0.15) is 18.2 Å². The SMILES string of the molecule is C[C@@H](Nc1nc(-c2noc(=O)[nH]2)nc2nc(N(C)C3CCCC3)n(Cc3ccc(C(F)(F)F)cc3)c12)C1CCC1. The van der Waals surface area contributed by atoms with Crippen molar-refractivity contribution < 1.29 is 17.7 Å². The van der Waals surface area contributed by atoms with E-state index in [9.17, 15) is 18.0 Å². The summed E-state index contributed by atoms with van der Waals surface area (Å²) >= 11 is 0. The highest BCUT2D eigenvalue weighted by Crippen LogP contribution is 2.36. The molecule has 40 heavy (non-hydrogen) atoms. The van der Waals surface area contributed by atoms with Crippen LogP contribution in [0.5, 0.6) is 0 Å². The number of alkyl halides is 3. The number of hydrogen-bond donors (Lipinski definition) is 2. The zero-order valence-electron chi connectivity index (χ0n) is 22.3.